The molecule has 2 N–H and O–H groups in total. The third kappa shape index (κ3) is 6.73. The Balaban J connectivity index is 1.31. The molecule has 3 aromatic rings. The number of carbonyl (C=O) groups excluding carboxylic acids is 1. The van der Waals surface area contributed by atoms with E-state index in [0.717, 1.165) is 4.47 Å². The molecule has 1 amide bonds. The molecule has 0 unspecified atom stereocenters. The van der Waals surface area contributed by atoms with E-state index in [1.54, 1.807) is 42.5 Å². The number of hydrogen-bond donors (Lipinski definition) is 2. The first-order valence-corrected chi connectivity index (χ1v) is 15.2. The Morgan fingerprint density at radius 2 is 1.44 bits per heavy atom. The SMILES string of the molecule is O=C(Nc1ccc(S(=O)(=O)Nc2ccccc2)cc1)C1CCN(S(=O)(=O)Cc2ccc(Br)cc2)CC1. The number of anilines is 2. The van der Waals surface area contributed by atoms with Crippen molar-refractivity contribution in [3.8, 4) is 0 Å². The molecule has 36 heavy (non-hydrogen) atoms. The van der Waals surface area contributed by atoms with E-state index in [1.165, 1.54) is 28.6 Å². The largest absolute Gasteiger partial charge is 0.326 e. The Morgan fingerprint density at radius 1 is 0.833 bits per heavy atom. The number of nitrogens with zero attached hydrogens (tertiary/aromatic N) is 1. The van der Waals surface area contributed by atoms with Crippen LogP contribution in [0.4, 0.5) is 11.4 Å². The van der Waals surface area contributed by atoms with E-state index >= 15 is 0 Å². The number of amides is 1. The second-order valence-corrected chi connectivity index (χ2v) is 13.1. The molecule has 0 atom stereocenters. The Bertz CT molecular complexity index is 1400. The molecule has 0 radical (unpaired) electrons. The Hall–Kier alpha value is -2.73. The number of sulfonamides is 2. The van der Waals surface area contributed by atoms with Crippen molar-refractivity contribution in [2.24, 2.45) is 5.92 Å². The van der Waals surface area contributed by atoms with Gasteiger partial charge in [-0.15, -0.1) is 0 Å². The van der Waals surface area contributed by atoms with Crippen molar-refractivity contribution in [3.63, 3.8) is 0 Å². The van der Waals surface area contributed by atoms with Crippen LogP contribution >= 0.6 is 15.9 Å². The van der Waals surface area contributed by atoms with Crippen LogP contribution in [-0.2, 0) is 30.6 Å². The highest BCUT2D eigenvalue weighted by atomic mass is 79.9. The van der Waals surface area contributed by atoms with E-state index in [1.807, 2.05) is 12.1 Å². The molecule has 1 aliphatic rings. The van der Waals surface area contributed by atoms with Crippen molar-refractivity contribution < 1.29 is 21.6 Å². The van der Waals surface area contributed by atoms with Crippen LogP contribution in [0, 0.1) is 5.92 Å². The molecule has 1 aliphatic heterocycles. The highest BCUT2D eigenvalue weighted by Gasteiger charge is 2.31. The predicted octanol–water partition coefficient (Wildman–Crippen LogP) is 4.43. The van der Waals surface area contributed by atoms with Crippen molar-refractivity contribution in [2.45, 2.75) is 23.5 Å². The van der Waals surface area contributed by atoms with Gasteiger partial charge in [-0.3, -0.25) is 9.52 Å². The maximum atomic E-state index is 12.8. The number of piperidine rings is 1. The van der Waals surface area contributed by atoms with Gasteiger partial charge < -0.3 is 5.32 Å². The molecular weight excluding hydrogens is 566 g/mol. The number of benzene rings is 3. The molecule has 1 fully saturated rings. The summed E-state index contributed by atoms with van der Waals surface area (Å²) in [7, 11) is -7.23. The van der Waals surface area contributed by atoms with E-state index in [-0.39, 0.29) is 35.6 Å². The molecule has 3 aromatic carbocycles. The highest BCUT2D eigenvalue weighted by molar-refractivity contribution is 9.10. The molecular formula is C25H26BrN3O5S2. The summed E-state index contributed by atoms with van der Waals surface area (Å²) < 4.78 is 55.6. The first kappa shape index (κ1) is 26.3. The summed E-state index contributed by atoms with van der Waals surface area (Å²) in [5.41, 5.74) is 1.64. The topological polar surface area (TPSA) is 113 Å². The third-order valence-electron chi connectivity index (χ3n) is 5.94. The molecule has 1 heterocycles. The summed E-state index contributed by atoms with van der Waals surface area (Å²) in [5, 5.41) is 2.81. The van der Waals surface area contributed by atoms with Crippen molar-refractivity contribution in [2.75, 3.05) is 23.1 Å². The zero-order valence-electron chi connectivity index (χ0n) is 19.3. The summed E-state index contributed by atoms with van der Waals surface area (Å²) in [5.74, 6) is -0.615. The van der Waals surface area contributed by atoms with Crippen LogP contribution < -0.4 is 10.0 Å². The van der Waals surface area contributed by atoms with Gasteiger partial charge in [0.25, 0.3) is 10.0 Å². The lowest BCUT2D eigenvalue weighted by molar-refractivity contribution is -0.120. The summed E-state index contributed by atoms with van der Waals surface area (Å²) >= 11 is 3.34. The zero-order valence-corrected chi connectivity index (χ0v) is 22.5. The van der Waals surface area contributed by atoms with E-state index in [2.05, 4.69) is 26.0 Å². The first-order chi connectivity index (χ1) is 17.1. The minimum absolute atomic E-state index is 0.0774. The Labute approximate surface area is 220 Å². The summed E-state index contributed by atoms with van der Waals surface area (Å²) in [6.07, 6.45) is 0.831. The van der Waals surface area contributed by atoms with Gasteiger partial charge in [0.05, 0.1) is 10.6 Å². The molecule has 11 heteroatoms. The number of halogens is 1. The van der Waals surface area contributed by atoms with Crippen LogP contribution in [0.2, 0.25) is 0 Å². The van der Waals surface area contributed by atoms with Gasteiger partial charge in [-0.25, -0.2) is 21.1 Å². The second kappa shape index (κ2) is 11.1. The molecule has 0 aromatic heterocycles. The van der Waals surface area contributed by atoms with Gasteiger partial charge >= 0.3 is 0 Å². The summed E-state index contributed by atoms with van der Waals surface area (Å²) in [6, 6.07) is 21.7. The fourth-order valence-electron chi connectivity index (χ4n) is 3.96. The standard InChI is InChI=1S/C25H26BrN3O5S2/c26-21-8-6-19(7-9-21)18-35(31,32)29-16-14-20(15-17-29)25(30)27-22-10-12-24(13-11-22)36(33,34)28-23-4-2-1-3-5-23/h1-13,20,28H,14-18H2,(H,27,30). The lowest BCUT2D eigenvalue weighted by atomic mass is 9.97. The van der Waals surface area contributed by atoms with Gasteiger partial charge in [0.1, 0.15) is 0 Å². The van der Waals surface area contributed by atoms with E-state index < -0.39 is 20.0 Å². The normalized spacial score (nSPS) is 15.4. The van der Waals surface area contributed by atoms with E-state index in [0.29, 0.717) is 29.8 Å². The summed E-state index contributed by atoms with van der Waals surface area (Å²) in [4.78, 5) is 12.8. The smallest absolute Gasteiger partial charge is 0.261 e. The minimum Gasteiger partial charge on any atom is -0.326 e. The summed E-state index contributed by atoms with van der Waals surface area (Å²) in [6.45, 7) is 0.554. The quantitative estimate of drug-likeness (QED) is 0.402. The van der Waals surface area contributed by atoms with Crippen LogP contribution in [0.3, 0.4) is 0 Å². The van der Waals surface area contributed by atoms with Crippen LogP contribution in [0.1, 0.15) is 18.4 Å². The van der Waals surface area contributed by atoms with Crippen molar-refractivity contribution >= 4 is 53.3 Å². The van der Waals surface area contributed by atoms with Crippen LogP contribution in [0.25, 0.3) is 0 Å². The molecule has 0 bridgehead atoms. The van der Waals surface area contributed by atoms with Crippen LogP contribution in [-0.4, -0.2) is 40.1 Å². The maximum Gasteiger partial charge on any atom is 0.261 e. The Morgan fingerprint density at radius 3 is 2.06 bits per heavy atom. The molecule has 8 nitrogen and oxygen atoms in total. The van der Waals surface area contributed by atoms with Gasteiger partial charge in [-0.05, 0) is 66.9 Å². The minimum atomic E-state index is -3.75. The van der Waals surface area contributed by atoms with Gasteiger partial charge in [-0.2, -0.15) is 0 Å². The number of nitrogens with one attached hydrogen (secondary N) is 2. The number of para-hydroxylation sites is 1. The van der Waals surface area contributed by atoms with Crippen LogP contribution in [0.5, 0.6) is 0 Å². The molecule has 0 spiro atoms. The highest BCUT2D eigenvalue weighted by Crippen LogP contribution is 2.24. The van der Waals surface area contributed by atoms with E-state index in [4.69, 9.17) is 0 Å². The zero-order chi connectivity index (χ0) is 25.8. The second-order valence-electron chi connectivity index (χ2n) is 8.54. The molecule has 0 aliphatic carbocycles. The van der Waals surface area contributed by atoms with Crippen molar-refractivity contribution in [1.29, 1.82) is 0 Å². The lowest BCUT2D eigenvalue weighted by Gasteiger charge is -2.30. The fourth-order valence-corrected chi connectivity index (χ4v) is 6.85. The number of hydrogen-bond acceptors (Lipinski definition) is 5. The average Bonchev–Trinajstić information content (AvgIpc) is 2.86. The Kier molecular flexibility index (Phi) is 8.13. The molecule has 0 saturated carbocycles. The van der Waals surface area contributed by atoms with Crippen molar-refractivity contribution in [1.82, 2.24) is 4.31 Å². The van der Waals surface area contributed by atoms with Gasteiger partial charge in [0, 0.05) is 34.9 Å². The average molecular weight is 593 g/mol. The van der Waals surface area contributed by atoms with Gasteiger partial charge in [0.15, 0.2) is 0 Å². The molecule has 4 rings (SSSR count). The first-order valence-electron chi connectivity index (χ1n) is 11.3. The number of rotatable bonds is 8. The predicted molar refractivity (Wildman–Crippen MR) is 143 cm³/mol. The van der Waals surface area contributed by atoms with E-state index in [9.17, 15) is 21.6 Å². The monoisotopic (exact) mass is 591 g/mol. The third-order valence-corrected chi connectivity index (χ3v) is 9.71. The number of carbonyl (C=O) groups is 1. The van der Waals surface area contributed by atoms with Gasteiger partial charge in [0.2, 0.25) is 15.9 Å². The van der Waals surface area contributed by atoms with Crippen LogP contribution in [0.15, 0.2) is 88.2 Å². The maximum absolute atomic E-state index is 12.8. The van der Waals surface area contributed by atoms with Crippen molar-refractivity contribution in [3.05, 3.63) is 88.9 Å². The fraction of sp³-hybridized carbons (Fsp3) is 0.240. The lowest BCUT2D eigenvalue weighted by Crippen LogP contribution is -2.41. The van der Waals surface area contributed by atoms with Gasteiger partial charge in [-0.1, -0.05) is 46.3 Å². The molecule has 190 valence electrons. The molecule has 1 saturated heterocycles.